The summed E-state index contributed by atoms with van der Waals surface area (Å²) < 4.78 is 1.13. The van der Waals surface area contributed by atoms with Crippen molar-refractivity contribution >= 4 is 33.1 Å². The summed E-state index contributed by atoms with van der Waals surface area (Å²) in [6.07, 6.45) is 0. The van der Waals surface area contributed by atoms with E-state index in [1.54, 1.807) is 11.3 Å². The first-order valence-electron chi connectivity index (χ1n) is 7.77. The molecule has 1 aromatic carbocycles. The summed E-state index contributed by atoms with van der Waals surface area (Å²) in [5, 5.41) is 7.38. The van der Waals surface area contributed by atoms with Gasteiger partial charge in [0.25, 0.3) is 0 Å². The number of aromatic nitrogens is 1. The number of carbonyl (C=O) groups excluding carboxylic acids is 1. The number of hydrogen-bond donors (Lipinski definition) is 2. The van der Waals surface area contributed by atoms with Gasteiger partial charge in [0.15, 0.2) is 0 Å². The largest absolute Gasteiger partial charge is 0.326 e. The van der Waals surface area contributed by atoms with Crippen LogP contribution in [0.15, 0.2) is 18.2 Å². The maximum atomic E-state index is 12.3. The van der Waals surface area contributed by atoms with Crippen molar-refractivity contribution in [3.05, 3.63) is 23.2 Å². The average molecular weight is 317 g/mol. The predicted molar refractivity (Wildman–Crippen MR) is 92.5 cm³/mol. The summed E-state index contributed by atoms with van der Waals surface area (Å²) in [6, 6.07) is 5.97. The van der Waals surface area contributed by atoms with Crippen molar-refractivity contribution in [1.82, 2.24) is 10.3 Å². The van der Waals surface area contributed by atoms with E-state index in [2.05, 4.69) is 36.4 Å². The van der Waals surface area contributed by atoms with Gasteiger partial charge in [-0.05, 0) is 37.2 Å². The third-order valence-corrected chi connectivity index (χ3v) is 5.68. The molecule has 1 fully saturated rings. The molecule has 4 nitrogen and oxygen atoms in total. The number of rotatable bonds is 3. The molecule has 2 aromatic rings. The summed E-state index contributed by atoms with van der Waals surface area (Å²) >= 11 is 1.70. The predicted octanol–water partition coefficient (Wildman–Crippen LogP) is 3.39. The van der Waals surface area contributed by atoms with Gasteiger partial charge < -0.3 is 10.6 Å². The monoisotopic (exact) mass is 317 g/mol. The fourth-order valence-electron chi connectivity index (χ4n) is 2.46. The molecule has 0 aliphatic carbocycles. The lowest BCUT2D eigenvalue weighted by molar-refractivity contribution is -0.121. The van der Waals surface area contributed by atoms with Crippen LogP contribution >= 0.6 is 11.3 Å². The smallest absolute Gasteiger partial charge is 0.227 e. The molecule has 0 radical (unpaired) electrons. The Labute approximate surface area is 135 Å². The minimum Gasteiger partial charge on any atom is -0.326 e. The standard InChI is InChI=1S/C17H23N3OS/c1-10(11-8-18-9-11)15(21)19-12-5-6-13-14(7-12)22-16(20-13)17(2,3)4/h5-7,10-11,18H,8-9H2,1-4H3,(H,19,21). The molecule has 22 heavy (non-hydrogen) atoms. The van der Waals surface area contributed by atoms with Crippen LogP contribution in [0.5, 0.6) is 0 Å². The molecule has 1 amide bonds. The minimum absolute atomic E-state index is 0.0449. The molecule has 1 unspecified atom stereocenters. The summed E-state index contributed by atoms with van der Waals surface area (Å²) in [5.74, 6) is 0.606. The third-order valence-electron chi connectivity index (χ3n) is 4.23. The highest BCUT2D eigenvalue weighted by Crippen LogP contribution is 2.32. The number of thiazole rings is 1. The van der Waals surface area contributed by atoms with Gasteiger partial charge in [0.05, 0.1) is 15.2 Å². The molecule has 3 rings (SSSR count). The fourth-order valence-corrected chi connectivity index (χ4v) is 3.52. The summed E-state index contributed by atoms with van der Waals surface area (Å²) in [5.41, 5.74) is 1.92. The topological polar surface area (TPSA) is 54.0 Å². The number of benzene rings is 1. The molecule has 1 aromatic heterocycles. The molecule has 2 N–H and O–H groups in total. The molecule has 1 aliphatic heterocycles. The van der Waals surface area contributed by atoms with Gasteiger partial charge in [0.2, 0.25) is 5.91 Å². The molecular weight excluding hydrogens is 294 g/mol. The van der Waals surface area contributed by atoms with Crippen molar-refractivity contribution in [2.24, 2.45) is 11.8 Å². The van der Waals surface area contributed by atoms with Crippen LogP contribution in [0.4, 0.5) is 5.69 Å². The van der Waals surface area contributed by atoms with Gasteiger partial charge in [-0.3, -0.25) is 4.79 Å². The quantitative estimate of drug-likeness (QED) is 0.912. The minimum atomic E-state index is 0.0449. The number of anilines is 1. The van der Waals surface area contributed by atoms with E-state index in [4.69, 9.17) is 0 Å². The van der Waals surface area contributed by atoms with Gasteiger partial charge >= 0.3 is 0 Å². The second kappa shape index (κ2) is 5.63. The molecule has 118 valence electrons. The lowest BCUT2D eigenvalue weighted by Gasteiger charge is -2.31. The van der Waals surface area contributed by atoms with E-state index in [0.29, 0.717) is 5.92 Å². The molecule has 1 atom stereocenters. The number of fused-ring (bicyclic) bond motifs is 1. The second-order valence-electron chi connectivity index (χ2n) is 7.15. The highest BCUT2D eigenvalue weighted by molar-refractivity contribution is 7.18. The number of nitrogens with zero attached hydrogens (tertiary/aromatic N) is 1. The van der Waals surface area contributed by atoms with Crippen molar-refractivity contribution < 1.29 is 4.79 Å². The van der Waals surface area contributed by atoms with Gasteiger partial charge in [-0.1, -0.05) is 27.7 Å². The van der Waals surface area contributed by atoms with E-state index < -0.39 is 0 Å². The second-order valence-corrected chi connectivity index (χ2v) is 8.18. The summed E-state index contributed by atoms with van der Waals surface area (Å²) in [6.45, 7) is 10.4. The number of carbonyl (C=O) groups is 1. The number of nitrogens with one attached hydrogen (secondary N) is 2. The first kappa shape index (κ1) is 15.4. The third kappa shape index (κ3) is 3.01. The Bertz CT molecular complexity index is 697. The fraction of sp³-hybridized carbons (Fsp3) is 0.529. The van der Waals surface area contributed by atoms with Crippen molar-refractivity contribution in [3.63, 3.8) is 0 Å². The molecule has 0 spiro atoms. The zero-order valence-electron chi connectivity index (χ0n) is 13.6. The lowest BCUT2D eigenvalue weighted by atomic mass is 9.88. The molecule has 1 saturated heterocycles. The van der Waals surface area contributed by atoms with Crippen LogP contribution in [0.1, 0.15) is 32.7 Å². The number of hydrogen-bond acceptors (Lipinski definition) is 4. The van der Waals surface area contributed by atoms with Crippen LogP contribution in [0.3, 0.4) is 0 Å². The Kier molecular flexibility index (Phi) is 3.95. The van der Waals surface area contributed by atoms with Gasteiger partial charge in [-0.15, -0.1) is 11.3 Å². The molecule has 0 bridgehead atoms. The van der Waals surface area contributed by atoms with Gasteiger partial charge in [-0.25, -0.2) is 4.98 Å². The van der Waals surface area contributed by atoms with Gasteiger partial charge in [-0.2, -0.15) is 0 Å². The first-order chi connectivity index (χ1) is 10.3. The molecule has 5 heteroatoms. The zero-order chi connectivity index (χ0) is 15.9. The normalized spacial score (nSPS) is 17.3. The molecule has 0 saturated carbocycles. The van der Waals surface area contributed by atoms with Crippen LogP contribution in [0, 0.1) is 11.8 Å². The van der Waals surface area contributed by atoms with Crippen LogP contribution in [0.2, 0.25) is 0 Å². The van der Waals surface area contributed by atoms with Crippen LogP contribution in [-0.2, 0) is 10.2 Å². The Hall–Kier alpha value is -1.46. The average Bonchev–Trinajstić information content (AvgIpc) is 2.79. The van der Waals surface area contributed by atoms with Crippen LogP contribution in [-0.4, -0.2) is 24.0 Å². The summed E-state index contributed by atoms with van der Waals surface area (Å²) in [4.78, 5) is 17.0. The Morgan fingerprint density at radius 1 is 1.41 bits per heavy atom. The Morgan fingerprint density at radius 2 is 2.14 bits per heavy atom. The van der Waals surface area contributed by atoms with E-state index in [9.17, 15) is 4.79 Å². The lowest BCUT2D eigenvalue weighted by Crippen LogP contribution is -2.48. The maximum absolute atomic E-state index is 12.3. The van der Waals surface area contributed by atoms with Crippen LogP contribution in [0.25, 0.3) is 10.2 Å². The highest BCUT2D eigenvalue weighted by Gasteiger charge is 2.28. The Balaban J connectivity index is 1.78. The van der Waals surface area contributed by atoms with Crippen molar-refractivity contribution in [3.8, 4) is 0 Å². The van der Waals surface area contributed by atoms with Crippen molar-refractivity contribution in [2.75, 3.05) is 18.4 Å². The zero-order valence-corrected chi connectivity index (χ0v) is 14.4. The van der Waals surface area contributed by atoms with Gasteiger partial charge in [0.1, 0.15) is 0 Å². The van der Waals surface area contributed by atoms with Crippen LogP contribution < -0.4 is 10.6 Å². The first-order valence-corrected chi connectivity index (χ1v) is 8.59. The van der Waals surface area contributed by atoms with Crippen molar-refractivity contribution in [2.45, 2.75) is 33.1 Å². The molecular formula is C17H23N3OS. The summed E-state index contributed by atoms with van der Waals surface area (Å²) in [7, 11) is 0. The molecule has 1 aliphatic rings. The van der Waals surface area contributed by atoms with E-state index >= 15 is 0 Å². The van der Waals surface area contributed by atoms with Gasteiger partial charge in [0, 0.05) is 17.0 Å². The van der Waals surface area contributed by atoms with E-state index in [1.807, 2.05) is 25.1 Å². The number of amides is 1. The Morgan fingerprint density at radius 3 is 2.73 bits per heavy atom. The molecule has 2 heterocycles. The van der Waals surface area contributed by atoms with Crippen molar-refractivity contribution in [1.29, 1.82) is 0 Å². The SMILES string of the molecule is CC(C(=O)Nc1ccc2nc(C(C)(C)C)sc2c1)C1CNC1. The van der Waals surface area contributed by atoms with E-state index in [1.165, 1.54) is 0 Å². The van der Waals surface area contributed by atoms with E-state index in [0.717, 1.165) is 34.0 Å². The highest BCUT2D eigenvalue weighted by atomic mass is 32.1. The maximum Gasteiger partial charge on any atom is 0.227 e. The van der Waals surface area contributed by atoms with E-state index in [-0.39, 0.29) is 17.2 Å².